The highest BCUT2D eigenvalue weighted by molar-refractivity contribution is 5.93. The first-order valence-electron chi connectivity index (χ1n) is 4.39. The molecule has 80 valence electrons. The lowest BCUT2D eigenvalue weighted by Crippen LogP contribution is -2.32. The van der Waals surface area contributed by atoms with Crippen molar-refractivity contribution >= 4 is 17.7 Å². The van der Waals surface area contributed by atoms with Gasteiger partial charge in [0.05, 0.1) is 7.11 Å². The van der Waals surface area contributed by atoms with Crippen LogP contribution in [0.15, 0.2) is 30.3 Å². The summed E-state index contributed by atoms with van der Waals surface area (Å²) in [6.07, 6.45) is -0.627. The number of carbonyl (C=O) groups excluding carboxylic acids is 2. The Bertz CT molecular complexity index is 338. The zero-order chi connectivity index (χ0) is 11.1. The molecule has 0 unspecified atom stereocenters. The van der Waals surface area contributed by atoms with E-state index in [1.54, 1.807) is 12.1 Å². The van der Waals surface area contributed by atoms with Crippen molar-refractivity contribution in [2.75, 3.05) is 19.0 Å². The maximum atomic E-state index is 11.3. The lowest BCUT2D eigenvalue weighted by molar-refractivity contribution is -0.115. The average Bonchev–Trinajstić information content (AvgIpc) is 2.27. The Morgan fingerprint density at radius 2 is 1.93 bits per heavy atom. The third kappa shape index (κ3) is 4.12. The first kappa shape index (κ1) is 11.0. The second-order valence-corrected chi connectivity index (χ2v) is 2.76. The van der Waals surface area contributed by atoms with Crippen LogP contribution in [0.1, 0.15) is 0 Å². The summed E-state index contributed by atoms with van der Waals surface area (Å²) in [5, 5.41) is 4.89. The van der Waals surface area contributed by atoms with Crippen molar-refractivity contribution in [2.24, 2.45) is 0 Å². The molecule has 5 nitrogen and oxygen atoms in total. The molecule has 5 heteroatoms. The Morgan fingerprint density at radius 1 is 1.27 bits per heavy atom. The molecule has 0 saturated heterocycles. The van der Waals surface area contributed by atoms with Crippen LogP contribution in [-0.2, 0) is 9.53 Å². The van der Waals surface area contributed by atoms with Crippen LogP contribution in [0, 0.1) is 0 Å². The number of alkyl carbamates (subject to hydrolysis) is 1. The smallest absolute Gasteiger partial charge is 0.407 e. The normalized spacial score (nSPS) is 9.13. The topological polar surface area (TPSA) is 67.4 Å². The number of nitrogens with one attached hydrogen (secondary N) is 2. The van der Waals surface area contributed by atoms with Crippen molar-refractivity contribution in [1.82, 2.24) is 5.32 Å². The SMILES string of the molecule is COC(=O)NCC(=O)Nc1ccccc1. The van der Waals surface area contributed by atoms with Gasteiger partial charge < -0.3 is 15.4 Å². The van der Waals surface area contributed by atoms with E-state index in [0.29, 0.717) is 5.69 Å². The predicted molar refractivity (Wildman–Crippen MR) is 55.5 cm³/mol. The molecule has 0 aliphatic carbocycles. The predicted octanol–water partition coefficient (Wildman–Crippen LogP) is 0.981. The van der Waals surface area contributed by atoms with Crippen LogP contribution in [0.25, 0.3) is 0 Å². The summed E-state index contributed by atoms with van der Waals surface area (Å²) in [4.78, 5) is 21.9. The quantitative estimate of drug-likeness (QED) is 0.778. The van der Waals surface area contributed by atoms with Gasteiger partial charge in [-0.1, -0.05) is 18.2 Å². The van der Waals surface area contributed by atoms with Crippen molar-refractivity contribution in [3.05, 3.63) is 30.3 Å². The summed E-state index contributed by atoms with van der Waals surface area (Å²) in [5.41, 5.74) is 0.689. The summed E-state index contributed by atoms with van der Waals surface area (Å²) in [5.74, 6) is -0.299. The number of amides is 2. The summed E-state index contributed by atoms with van der Waals surface area (Å²) >= 11 is 0. The molecule has 0 heterocycles. The number of hydrogen-bond donors (Lipinski definition) is 2. The number of para-hydroxylation sites is 1. The molecule has 1 aromatic rings. The summed E-state index contributed by atoms with van der Waals surface area (Å²) in [6.45, 7) is -0.110. The molecule has 0 fully saturated rings. The fourth-order valence-electron chi connectivity index (χ4n) is 0.951. The Labute approximate surface area is 87.4 Å². The zero-order valence-electron chi connectivity index (χ0n) is 8.32. The van der Waals surface area contributed by atoms with Gasteiger partial charge in [0.1, 0.15) is 6.54 Å². The van der Waals surface area contributed by atoms with Crippen LogP contribution >= 0.6 is 0 Å². The van der Waals surface area contributed by atoms with E-state index in [1.807, 2.05) is 18.2 Å². The second kappa shape index (κ2) is 5.64. The molecule has 0 atom stereocenters. The number of hydrogen-bond acceptors (Lipinski definition) is 3. The van der Waals surface area contributed by atoms with Crippen LogP contribution in [0.3, 0.4) is 0 Å². The minimum atomic E-state index is -0.627. The molecule has 0 spiro atoms. The van der Waals surface area contributed by atoms with Gasteiger partial charge in [-0.25, -0.2) is 4.79 Å². The van der Waals surface area contributed by atoms with E-state index in [2.05, 4.69) is 15.4 Å². The standard InChI is InChI=1S/C10H12N2O3/c1-15-10(14)11-7-9(13)12-8-5-3-2-4-6-8/h2-6H,7H2,1H3,(H,11,14)(H,12,13). The van der Waals surface area contributed by atoms with Gasteiger partial charge in [-0.2, -0.15) is 0 Å². The first-order valence-corrected chi connectivity index (χ1v) is 4.39. The molecule has 15 heavy (non-hydrogen) atoms. The van der Waals surface area contributed by atoms with E-state index in [4.69, 9.17) is 0 Å². The lowest BCUT2D eigenvalue weighted by atomic mass is 10.3. The molecule has 0 aromatic heterocycles. The van der Waals surface area contributed by atoms with Gasteiger partial charge in [0, 0.05) is 5.69 Å². The van der Waals surface area contributed by atoms with Crippen LogP contribution in [0.2, 0.25) is 0 Å². The summed E-state index contributed by atoms with van der Waals surface area (Å²) in [7, 11) is 1.24. The Balaban J connectivity index is 2.34. The summed E-state index contributed by atoms with van der Waals surface area (Å²) < 4.78 is 4.32. The molecule has 2 N–H and O–H groups in total. The van der Waals surface area contributed by atoms with Gasteiger partial charge in [-0.05, 0) is 12.1 Å². The van der Waals surface area contributed by atoms with Crippen molar-refractivity contribution in [1.29, 1.82) is 0 Å². The van der Waals surface area contributed by atoms with E-state index in [0.717, 1.165) is 0 Å². The minimum Gasteiger partial charge on any atom is -0.453 e. The highest BCUT2D eigenvalue weighted by atomic mass is 16.5. The molecule has 1 aromatic carbocycles. The minimum absolute atomic E-state index is 0.110. The van der Waals surface area contributed by atoms with Crippen molar-refractivity contribution in [3.8, 4) is 0 Å². The molecular formula is C10H12N2O3. The molecule has 0 aliphatic rings. The Hall–Kier alpha value is -2.04. The molecule has 0 saturated carbocycles. The number of carbonyl (C=O) groups is 2. The van der Waals surface area contributed by atoms with Gasteiger partial charge >= 0.3 is 6.09 Å². The van der Waals surface area contributed by atoms with E-state index in [1.165, 1.54) is 7.11 Å². The van der Waals surface area contributed by atoms with Crippen molar-refractivity contribution < 1.29 is 14.3 Å². The van der Waals surface area contributed by atoms with Gasteiger partial charge in [0.2, 0.25) is 5.91 Å². The highest BCUT2D eigenvalue weighted by Crippen LogP contribution is 2.03. The number of benzene rings is 1. The van der Waals surface area contributed by atoms with Crippen LogP contribution < -0.4 is 10.6 Å². The fourth-order valence-corrected chi connectivity index (χ4v) is 0.951. The van der Waals surface area contributed by atoms with Crippen molar-refractivity contribution in [2.45, 2.75) is 0 Å². The molecule has 0 bridgehead atoms. The monoisotopic (exact) mass is 208 g/mol. The third-order valence-corrected chi connectivity index (χ3v) is 1.64. The highest BCUT2D eigenvalue weighted by Gasteiger charge is 2.04. The third-order valence-electron chi connectivity index (χ3n) is 1.64. The van der Waals surface area contributed by atoms with Gasteiger partial charge in [0.25, 0.3) is 0 Å². The molecular weight excluding hydrogens is 196 g/mol. The maximum Gasteiger partial charge on any atom is 0.407 e. The molecule has 2 amide bonds. The lowest BCUT2D eigenvalue weighted by Gasteiger charge is -2.05. The maximum absolute atomic E-state index is 11.3. The number of ether oxygens (including phenoxy) is 1. The van der Waals surface area contributed by atoms with Crippen molar-refractivity contribution in [3.63, 3.8) is 0 Å². The largest absolute Gasteiger partial charge is 0.453 e. The van der Waals surface area contributed by atoms with Gasteiger partial charge in [-0.15, -0.1) is 0 Å². The average molecular weight is 208 g/mol. The fraction of sp³-hybridized carbons (Fsp3) is 0.200. The number of anilines is 1. The Kier molecular flexibility index (Phi) is 4.15. The summed E-state index contributed by atoms with van der Waals surface area (Å²) in [6, 6.07) is 8.99. The van der Waals surface area contributed by atoms with Gasteiger partial charge in [0.15, 0.2) is 0 Å². The van der Waals surface area contributed by atoms with E-state index in [-0.39, 0.29) is 12.5 Å². The van der Waals surface area contributed by atoms with Gasteiger partial charge in [-0.3, -0.25) is 4.79 Å². The van der Waals surface area contributed by atoms with E-state index in [9.17, 15) is 9.59 Å². The first-order chi connectivity index (χ1) is 7.22. The number of methoxy groups -OCH3 is 1. The molecule has 1 rings (SSSR count). The molecule has 0 radical (unpaired) electrons. The van der Waals surface area contributed by atoms with Crippen LogP contribution in [0.5, 0.6) is 0 Å². The molecule has 0 aliphatic heterocycles. The second-order valence-electron chi connectivity index (χ2n) is 2.76. The zero-order valence-corrected chi connectivity index (χ0v) is 8.32. The number of rotatable bonds is 3. The van der Waals surface area contributed by atoms with E-state index >= 15 is 0 Å². The van der Waals surface area contributed by atoms with E-state index < -0.39 is 6.09 Å². The van der Waals surface area contributed by atoms with Crippen LogP contribution in [-0.4, -0.2) is 25.7 Å². The Morgan fingerprint density at radius 3 is 2.53 bits per heavy atom. The van der Waals surface area contributed by atoms with Crippen LogP contribution in [0.4, 0.5) is 10.5 Å².